The molecule has 180 valence electrons. The molecule has 0 bridgehead atoms. The molecule has 35 heavy (non-hydrogen) atoms. The molecule has 4 N–H and O–H groups in total. The third-order valence-electron chi connectivity index (χ3n) is 6.66. The summed E-state index contributed by atoms with van der Waals surface area (Å²) >= 11 is 0. The van der Waals surface area contributed by atoms with E-state index in [1.807, 2.05) is 31.3 Å². The van der Waals surface area contributed by atoms with E-state index < -0.39 is 5.91 Å². The summed E-state index contributed by atoms with van der Waals surface area (Å²) in [5.41, 5.74) is 9.92. The lowest BCUT2D eigenvalue weighted by atomic mass is 10.1. The minimum atomic E-state index is -0.534. The number of nitrogens with one attached hydrogen (secondary N) is 2. The van der Waals surface area contributed by atoms with Crippen LogP contribution in [0.15, 0.2) is 54.9 Å². The van der Waals surface area contributed by atoms with Gasteiger partial charge < -0.3 is 26.2 Å². The molecule has 1 atom stereocenters. The van der Waals surface area contributed by atoms with Crippen LogP contribution in [0.25, 0.3) is 0 Å². The van der Waals surface area contributed by atoms with Crippen LogP contribution in [0.1, 0.15) is 40.4 Å². The van der Waals surface area contributed by atoms with Gasteiger partial charge in [0.25, 0.3) is 5.91 Å². The van der Waals surface area contributed by atoms with E-state index in [1.165, 1.54) is 17.3 Å². The number of carbonyl (C=O) groups is 2. The van der Waals surface area contributed by atoms with Gasteiger partial charge in [-0.3, -0.25) is 9.59 Å². The highest BCUT2D eigenvalue weighted by Gasteiger charge is 2.24. The highest BCUT2D eigenvalue weighted by molar-refractivity contribution is 5.98. The molecule has 2 amide bonds. The highest BCUT2D eigenvalue weighted by atomic mass is 16.2. The SMILES string of the molecule is CN1CCC(=O)N(c2ccc(Nc3cc(N[C@@H]4CCc5ccccc54)c(C(N)=O)cn3)nc2)CC1. The molecule has 1 fully saturated rings. The zero-order valence-electron chi connectivity index (χ0n) is 19.7. The van der Waals surface area contributed by atoms with Crippen molar-refractivity contribution in [2.45, 2.75) is 25.3 Å². The third-order valence-corrected chi connectivity index (χ3v) is 6.66. The second-order valence-electron chi connectivity index (χ2n) is 9.04. The van der Waals surface area contributed by atoms with Crippen LogP contribution in [-0.2, 0) is 11.2 Å². The summed E-state index contributed by atoms with van der Waals surface area (Å²) in [7, 11) is 2.02. The van der Waals surface area contributed by atoms with Gasteiger partial charge in [-0.25, -0.2) is 9.97 Å². The number of likely N-dealkylation sites (N-methyl/N-ethyl adjacent to an activating group) is 1. The Morgan fingerprint density at radius 1 is 1.03 bits per heavy atom. The number of pyridine rings is 2. The number of hydrogen-bond acceptors (Lipinski definition) is 7. The molecule has 2 aromatic heterocycles. The van der Waals surface area contributed by atoms with Crippen LogP contribution in [-0.4, -0.2) is 53.4 Å². The first-order valence-electron chi connectivity index (χ1n) is 11.8. The maximum atomic E-state index is 12.5. The quantitative estimate of drug-likeness (QED) is 0.506. The minimum absolute atomic E-state index is 0.0992. The van der Waals surface area contributed by atoms with Crippen LogP contribution in [0.2, 0.25) is 0 Å². The molecule has 9 nitrogen and oxygen atoms in total. The fourth-order valence-electron chi connectivity index (χ4n) is 4.69. The fraction of sp³-hybridized carbons (Fsp3) is 0.308. The Balaban J connectivity index is 1.33. The predicted octanol–water partition coefficient (Wildman–Crippen LogP) is 3.09. The Hall–Kier alpha value is -3.98. The number of nitrogens with zero attached hydrogens (tertiary/aromatic N) is 4. The Morgan fingerprint density at radius 2 is 1.86 bits per heavy atom. The van der Waals surface area contributed by atoms with Crippen molar-refractivity contribution >= 4 is 34.8 Å². The van der Waals surface area contributed by atoms with Crippen molar-refractivity contribution in [1.82, 2.24) is 14.9 Å². The van der Waals surface area contributed by atoms with Crippen molar-refractivity contribution in [2.75, 3.05) is 42.2 Å². The monoisotopic (exact) mass is 471 g/mol. The lowest BCUT2D eigenvalue weighted by Gasteiger charge is -2.21. The molecule has 1 aromatic carbocycles. The summed E-state index contributed by atoms with van der Waals surface area (Å²) in [6, 6.07) is 13.9. The van der Waals surface area contributed by atoms with E-state index in [9.17, 15) is 9.59 Å². The van der Waals surface area contributed by atoms with Crippen molar-refractivity contribution < 1.29 is 9.59 Å². The zero-order valence-corrected chi connectivity index (χ0v) is 19.7. The second-order valence-corrected chi connectivity index (χ2v) is 9.04. The van der Waals surface area contributed by atoms with E-state index in [1.54, 1.807) is 17.2 Å². The Bertz CT molecular complexity index is 1240. The molecule has 0 radical (unpaired) electrons. The molecule has 1 saturated heterocycles. The molecule has 3 aromatic rings. The maximum absolute atomic E-state index is 12.5. The molecular formula is C26H29N7O2. The summed E-state index contributed by atoms with van der Waals surface area (Å²) in [5, 5.41) is 6.68. The molecule has 0 saturated carbocycles. The number of rotatable bonds is 6. The van der Waals surface area contributed by atoms with Crippen LogP contribution >= 0.6 is 0 Å². The van der Waals surface area contributed by atoms with E-state index in [-0.39, 0.29) is 11.9 Å². The standard InChI is InChI=1S/C26H29N7O2/c1-32-11-10-25(34)33(13-12-32)18-7-9-23(28-15-18)31-24-14-22(20(16-29-24)26(27)35)30-21-8-6-17-4-2-3-5-19(17)21/h2-5,7,9,14-16,21H,6,8,10-13H2,1H3,(H2,27,35)(H2,28,29,30,31)/t21-/m1/s1. The molecule has 0 spiro atoms. The first kappa shape index (κ1) is 22.8. The van der Waals surface area contributed by atoms with Gasteiger partial charge in [0, 0.05) is 38.3 Å². The maximum Gasteiger partial charge on any atom is 0.252 e. The summed E-state index contributed by atoms with van der Waals surface area (Å²) in [6.45, 7) is 2.22. The Labute approximate surface area is 204 Å². The van der Waals surface area contributed by atoms with Gasteiger partial charge in [-0.05, 0) is 43.1 Å². The van der Waals surface area contributed by atoms with Crippen LogP contribution in [0, 0.1) is 0 Å². The van der Waals surface area contributed by atoms with Gasteiger partial charge in [0.15, 0.2) is 0 Å². The van der Waals surface area contributed by atoms with Gasteiger partial charge in [0.2, 0.25) is 5.91 Å². The number of nitrogens with two attached hydrogens (primary N) is 1. The van der Waals surface area contributed by atoms with Crippen molar-refractivity contribution in [1.29, 1.82) is 0 Å². The molecule has 1 aliphatic heterocycles. The van der Waals surface area contributed by atoms with Crippen molar-refractivity contribution in [3.05, 3.63) is 71.5 Å². The van der Waals surface area contributed by atoms with Crippen LogP contribution < -0.4 is 21.3 Å². The van der Waals surface area contributed by atoms with E-state index in [0.29, 0.717) is 35.9 Å². The fourth-order valence-corrected chi connectivity index (χ4v) is 4.69. The number of hydrogen-bond donors (Lipinski definition) is 3. The smallest absolute Gasteiger partial charge is 0.252 e. The van der Waals surface area contributed by atoms with Gasteiger partial charge in [0.05, 0.1) is 29.2 Å². The third kappa shape index (κ3) is 4.95. The van der Waals surface area contributed by atoms with Gasteiger partial charge in [0.1, 0.15) is 11.6 Å². The van der Waals surface area contributed by atoms with Gasteiger partial charge in [-0.2, -0.15) is 0 Å². The predicted molar refractivity (Wildman–Crippen MR) is 136 cm³/mol. The largest absolute Gasteiger partial charge is 0.377 e. The van der Waals surface area contributed by atoms with Crippen molar-refractivity contribution in [3.63, 3.8) is 0 Å². The molecule has 9 heteroatoms. The molecule has 2 aliphatic rings. The van der Waals surface area contributed by atoms with Gasteiger partial charge in [-0.15, -0.1) is 0 Å². The van der Waals surface area contributed by atoms with Gasteiger partial charge in [-0.1, -0.05) is 24.3 Å². The number of aryl methyl sites for hydroxylation is 1. The summed E-state index contributed by atoms with van der Waals surface area (Å²) in [5.74, 6) is 0.693. The van der Waals surface area contributed by atoms with Crippen LogP contribution in [0.5, 0.6) is 0 Å². The lowest BCUT2D eigenvalue weighted by molar-refractivity contribution is -0.118. The summed E-state index contributed by atoms with van der Waals surface area (Å²) in [6.07, 6.45) is 5.60. The first-order valence-corrected chi connectivity index (χ1v) is 11.8. The number of primary amides is 1. The zero-order chi connectivity index (χ0) is 24.4. The molecule has 0 unspecified atom stereocenters. The number of aromatic nitrogens is 2. The lowest BCUT2D eigenvalue weighted by Crippen LogP contribution is -2.32. The molecule has 3 heterocycles. The highest BCUT2D eigenvalue weighted by Crippen LogP contribution is 2.35. The summed E-state index contributed by atoms with van der Waals surface area (Å²) < 4.78 is 0. The number of fused-ring (bicyclic) bond motifs is 1. The number of anilines is 4. The number of amides is 2. The van der Waals surface area contributed by atoms with Crippen molar-refractivity contribution in [2.24, 2.45) is 5.73 Å². The molecular weight excluding hydrogens is 442 g/mol. The van der Waals surface area contributed by atoms with E-state index in [0.717, 1.165) is 31.6 Å². The normalized spacial score (nSPS) is 18.1. The summed E-state index contributed by atoms with van der Waals surface area (Å²) in [4.78, 5) is 37.3. The molecule has 1 aliphatic carbocycles. The minimum Gasteiger partial charge on any atom is -0.377 e. The topological polar surface area (TPSA) is 116 Å². The van der Waals surface area contributed by atoms with E-state index in [4.69, 9.17) is 5.73 Å². The first-order chi connectivity index (χ1) is 17.0. The second kappa shape index (κ2) is 9.71. The van der Waals surface area contributed by atoms with Crippen LogP contribution in [0.3, 0.4) is 0 Å². The Morgan fingerprint density at radius 3 is 2.66 bits per heavy atom. The van der Waals surface area contributed by atoms with E-state index >= 15 is 0 Å². The van der Waals surface area contributed by atoms with Crippen molar-refractivity contribution in [3.8, 4) is 0 Å². The Kier molecular flexibility index (Phi) is 6.33. The van der Waals surface area contributed by atoms with Gasteiger partial charge >= 0.3 is 0 Å². The number of carbonyl (C=O) groups excluding carboxylic acids is 2. The average Bonchev–Trinajstić information content (AvgIpc) is 3.18. The number of benzene rings is 1. The average molecular weight is 472 g/mol. The van der Waals surface area contributed by atoms with Crippen LogP contribution in [0.4, 0.5) is 23.0 Å². The van der Waals surface area contributed by atoms with E-state index in [2.05, 4.69) is 37.6 Å². The molecule has 5 rings (SSSR count).